The highest BCUT2D eigenvalue weighted by atomic mass is 35.5. The Morgan fingerprint density at radius 3 is 2.71 bits per heavy atom. The van der Waals surface area contributed by atoms with Gasteiger partial charge in [0.2, 0.25) is 0 Å². The van der Waals surface area contributed by atoms with Crippen molar-refractivity contribution < 1.29 is 22.7 Å². The molecule has 28 heavy (non-hydrogen) atoms. The second kappa shape index (κ2) is 7.98. The summed E-state index contributed by atoms with van der Waals surface area (Å²) >= 11 is 0. The highest BCUT2D eigenvalue weighted by Crippen LogP contribution is 2.33. The Balaban J connectivity index is 0.00000225. The summed E-state index contributed by atoms with van der Waals surface area (Å²) in [5.74, 6) is -0.507. The van der Waals surface area contributed by atoms with Crippen LogP contribution in [0.15, 0.2) is 23.1 Å². The molecular weight excluding hydrogens is 406 g/mol. The molecule has 1 aromatic rings. The first-order chi connectivity index (χ1) is 12.9. The summed E-state index contributed by atoms with van der Waals surface area (Å²) in [6, 6.07) is 4.06. The quantitative estimate of drug-likeness (QED) is 0.693. The molecule has 8 nitrogen and oxygen atoms in total. The van der Waals surface area contributed by atoms with Gasteiger partial charge in [-0.2, -0.15) is 0 Å². The van der Waals surface area contributed by atoms with Crippen molar-refractivity contribution >= 4 is 34.2 Å². The fourth-order valence-electron chi connectivity index (χ4n) is 3.57. The summed E-state index contributed by atoms with van der Waals surface area (Å²) in [5, 5.41) is 2.74. The van der Waals surface area contributed by atoms with Crippen molar-refractivity contribution in [2.24, 2.45) is 11.7 Å². The zero-order valence-electron chi connectivity index (χ0n) is 15.3. The van der Waals surface area contributed by atoms with Crippen LogP contribution < -0.4 is 11.1 Å². The molecule has 10 heteroatoms. The minimum atomic E-state index is -3.97. The van der Waals surface area contributed by atoms with Gasteiger partial charge in [-0.05, 0) is 49.8 Å². The number of nitrogens with zero attached hydrogens (tertiary/aromatic N) is 1. The van der Waals surface area contributed by atoms with Crippen molar-refractivity contribution in [3.8, 4) is 0 Å². The predicted octanol–water partition coefficient (Wildman–Crippen LogP) is 0.899. The maximum atomic E-state index is 12.8. The van der Waals surface area contributed by atoms with Crippen molar-refractivity contribution in [3.63, 3.8) is 0 Å². The third kappa shape index (κ3) is 3.89. The van der Waals surface area contributed by atoms with Gasteiger partial charge in [-0.3, -0.25) is 9.59 Å². The van der Waals surface area contributed by atoms with Gasteiger partial charge in [0.1, 0.15) is 4.90 Å². The van der Waals surface area contributed by atoms with E-state index in [0.717, 1.165) is 30.0 Å². The molecule has 0 spiro atoms. The molecule has 2 unspecified atom stereocenters. The number of sulfonamides is 1. The van der Waals surface area contributed by atoms with Crippen LogP contribution in [0.3, 0.4) is 0 Å². The number of halogens is 1. The molecule has 0 radical (unpaired) electrons. The molecule has 2 amide bonds. The standard InChI is InChI=1S/C18H23N3O5S.ClH/c19-15(11-3-4-11)9-20-17(22)12-5-6-14-16(8-12)27(24,25)21(18(14)23)10-13-2-1-7-26-13;/h5-6,8,11,13,15H,1-4,7,9-10,19H2,(H,20,22);1H. The predicted molar refractivity (Wildman–Crippen MR) is 104 cm³/mol. The molecule has 3 aliphatic rings. The molecule has 3 N–H and O–H groups in total. The molecule has 2 aliphatic heterocycles. The van der Waals surface area contributed by atoms with Crippen molar-refractivity contribution in [2.75, 3.05) is 19.7 Å². The number of carbonyl (C=O) groups excluding carboxylic acids is 2. The van der Waals surface area contributed by atoms with Crippen molar-refractivity contribution in [1.29, 1.82) is 0 Å². The number of fused-ring (bicyclic) bond motifs is 1. The van der Waals surface area contributed by atoms with Gasteiger partial charge in [0.25, 0.3) is 21.8 Å². The lowest BCUT2D eigenvalue weighted by atomic mass is 10.1. The molecule has 2 atom stereocenters. The molecule has 4 rings (SSSR count). The van der Waals surface area contributed by atoms with Crippen molar-refractivity contribution in [3.05, 3.63) is 29.3 Å². The van der Waals surface area contributed by atoms with Crippen LogP contribution in [-0.4, -0.2) is 56.4 Å². The Morgan fingerprint density at radius 2 is 2.07 bits per heavy atom. The summed E-state index contributed by atoms with van der Waals surface area (Å²) in [6.07, 6.45) is 3.47. The normalized spacial score (nSPS) is 23.8. The van der Waals surface area contributed by atoms with Gasteiger partial charge < -0.3 is 15.8 Å². The number of hydrogen-bond acceptors (Lipinski definition) is 6. The van der Waals surface area contributed by atoms with E-state index in [-0.39, 0.29) is 47.1 Å². The Labute approximate surface area is 170 Å². The number of benzene rings is 1. The summed E-state index contributed by atoms with van der Waals surface area (Å²) in [6.45, 7) is 0.929. The van der Waals surface area contributed by atoms with Gasteiger partial charge >= 0.3 is 0 Å². The smallest absolute Gasteiger partial charge is 0.269 e. The highest BCUT2D eigenvalue weighted by molar-refractivity contribution is 7.90. The van der Waals surface area contributed by atoms with Gasteiger partial charge in [0.15, 0.2) is 0 Å². The lowest BCUT2D eigenvalue weighted by Gasteiger charge is -2.18. The largest absolute Gasteiger partial charge is 0.376 e. The molecule has 2 heterocycles. The molecule has 0 aromatic heterocycles. The fraction of sp³-hybridized carbons (Fsp3) is 0.556. The minimum absolute atomic E-state index is 0. The van der Waals surface area contributed by atoms with E-state index in [0.29, 0.717) is 19.1 Å². The minimum Gasteiger partial charge on any atom is -0.376 e. The SMILES string of the molecule is Cl.NC(CNC(=O)c1ccc2c(c1)S(=O)(=O)N(CC1CCCO1)C2=O)C1CC1. The van der Waals surface area contributed by atoms with Crippen LogP contribution in [0, 0.1) is 5.92 Å². The Kier molecular flexibility index (Phi) is 6.00. The number of rotatable bonds is 6. The molecule has 1 saturated carbocycles. The van der Waals surface area contributed by atoms with Crippen molar-refractivity contribution in [2.45, 2.75) is 42.7 Å². The van der Waals surface area contributed by atoms with E-state index in [2.05, 4.69) is 5.32 Å². The third-order valence-corrected chi connectivity index (χ3v) is 7.18. The average molecular weight is 430 g/mol. The van der Waals surface area contributed by atoms with E-state index in [1.807, 2.05) is 0 Å². The lowest BCUT2D eigenvalue weighted by Crippen LogP contribution is -2.38. The monoisotopic (exact) mass is 429 g/mol. The van der Waals surface area contributed by atoms with Crippen LogP contribution in [0.5, 0.6) is 0 Å². The summed E-state index contributed by atoms with van der Waals surface area (Å²) in [4.78, 5) is 24.8. The van der Waals surface area contributed by atoms with Crippen LogP contribution in [0.4, 0.5) is 0 Å². The zero-order valence-corrected chi connectivity index (χ0v) is 16.9. The molecule has 2 fully saturated rings. The van der Waals surface area contributed by atoms with Gasteiger partial charge in [-0.25, -0.2) is 12.7 Å². The van der Waals surface area contributed by atoms with E-state index < -0.39 is 21.8 Å². The van der Waals surface area contributed by atoms with Gasteiger partial charge in [0, 0.05) is 24.8 Å². The van der Waals surface area contributed by atoms with Crippen LogP contribution in [0.1, 0.15) is 46.4 Å². The topological polar surface area (TPSA) is 119 Å². The van der Waals surface area contributed by atoms with Crippen LogP contribution in [0.25, 0.3) is 0 Å². The lowest BCUT2D eigenvalue weighted by molar-refractivity contribution is 0.0707. The summed E-state index contributed by atoms with van der Waals surface area (Å²) in [7, 11) is -3.97. The summed E-state index contributed by atoms with van der Waals surface area (Å²) in [5.41, 5.74) is 6.28. The van der Waals surface area contributed by atoms with Gasteiger partial charge in [-0.1, -0.05) is 0 Å². The maximum absolute atomic E-state index is 12.8. The number of carbonyl (C=O) groups is 2. The van der Waals surface area contributed by atoms with E-state index in [1.54, 1.807) is 0 Å². The fourth-order valence-corrected chi connectivity index (χ4v) is 5.20. The first-order valence-corrected chi connectivity index (χ1v) is 10.7. The number of nitrogens with two attached hydrogens (primary N) is 1. The van der Waals surface area contributed by atoms with E-state index in [1.165, 1.54) is 18.2 Å². The Hall–Kier alpha value is -1.68. The van der Waals surface area contributed by atoms with Gasteiger partial charge in [0.05, 0.1) is 18.2 Å². The van der Waals surface area contributed by atoms with Crippen LogP contribution in [-0.2, 0) is 14.8 Å². The molecule has 1 saturated heterocycles. The zero-order chi connectivity index (χ0) is 19.2. The van der Waals surface area contributed by atoms with Crippen molar-refractivity contribution in [1.82, 2.24) is 9.62 Å². The van der Waals surface area contributed by atoms with Crippen LogP contribution in [0.2, 0.25) is 0 Å². The molecule has 154 valence electrons. The molecule has 0 bridgehead atoms. The second-order valence-corrected chi connectivity index (χ2v) is 9.23. The summed E-state index contributed by atoms with van der Waals surface area (Å²) < 4.78 is 32.0. The molecular formula is C18H24ClN3O5S. The molecule has 1 aromatic carbocycles. The van der Waals surface area contributed by atoms with E-state index in [4.69, 9.17) is 10.5 Å². The Morgan fingerprint density at radius 1 is 1.32 bits per heavy atom. The average Bonchev–Trinajstić information content (AvgIpc) is 3.35. The number of hydrogen-bond donors (Lipinski definition) is 2. The third-order valence-electron chi connectivity index (χ3n) is 5.39. The van der Waals surface area contributed by atoms with E-state index >= 15 is 0 Å². The number of amides is 2. The first-order valence-electron chi connectivity index (χ1n) is 9.24. The Bertz CT molecular complexity index is 881. The second-order valence-electron chi connectivity index (χ2n) is 7.40. The number of ether oxygens (including phenoxy) is 1. The first kappa shape index (κ1) is 21.0. The molecule has 1 aliphatic carbocycles. The number of nitrogens with one attached hydrogen (secondary N) is 1. The van der Waals surface area contributed by atoms with Gasteiger partial charge in [-0.15, -0.1) is 12.4 Å². The van der Waals surface area contributed by atoms with E-state index in [9.17, 15) is 18.0 Å². The van der Waals surface area contributed by atoms with Crippen LogP contribution >= 0.6 is 12.4 Å². The maximum Gasteiger partial charge on any atom is 0.269 e. The highest BCUT2D eigenvalue weighted by Gasteiger charge is 2.43.